The third-order valence-electron chi connectivity index (χ3n) is 4.40. The Hall–Kier alpha value is -3.24. The molecule has 7 nitrogen and oxygen atoms in total. The average molecular weight is 456 g/mol. The Balaban J connectivity index is 1.52. The summed E-state index contributed by atoms with van der Waals surface area (Å²) in [6.45, 7) is 0.457. The molecule has 0 N–H and O–H groups in total. The summed E-state index contributed by atoms with van der Waals surface area (Å²) in [5.74, 6) is 0.350. The van der Waals surface area contributed by atoms with Crippen molar-refractivity contribution in [2.24, 2.45) is 0 Å². The van der Waals surface area contributed by atoms with E-state index in [0.29, 0.717) is 17.4 Å². The molecule has 1 amide bonds. The zero-order valence-corrected chi connectivity index (χ0v) is 18.1. The molecule has 0 atom stereocenters. The lowest BCUT2D eigenvalue weighted by Gasteiger charge is -2.22. The van der Waals surface area contributed by atoms with Crippen molar-refractivity contribution in [3.8, 4) is 11.4 Å². The number of anilines is 1. The first kappa shape index (κ1) is 21.0. The number of carbonyl (C=O) groups is 1. The van der Waals surface area contributed by atoms with Gasteiger partial charge in [-0.05, 0) is 64.3 Å². The van der Waals surface area contributed by atoms with Crippen LogP contribution in [0.25, 0.3) is 5.69 Å². The number of halogens is 1. The predicted octanol–water partition coefficient (Wildman–Crippen LogP) is 4.20. The minimum Gasteiger partial charge on any atom is -0.497 e. The maximum absolute atomic E-state index is 13.6. The van der Waals surface area contributed by atoms with E-state index in [-0.39, 0.29) is 17.5 Å². The first-order chi connectivity index (χ1) is 15.1. The molecule has 2 heterocycles. The topological polar surface area (TPSA) is 73.1 Å². The van der Waals surface area contributed by atoms with Crippen molar-refractivity contribution < 1.29 is 13.9 Å². The van der Waals surface area contributed by atoms with Crippen LogP contribution in [-0.2, 0) is 11.3 Å². The molecule has 158 valence electrons. The van der Waals surface area contributed by atoms with Gasteiger partial charge in [0.1, 0.15) is 11.6 Å². The van der Waals surface area contributed by atoms with Gasteiger partial charge in [0.25, 0.3) is 0 Å². The summed E-state index contributed by atoms with van der Waals surface area (Å²) in [6, 6.07) is 17.3. The second-order valence-corrected chi connectivity index (χ2v) is 8.37. The first-order valence-electron chi connectivity index (χ1n) is 9.28. The van der Waals surface area contributed by atoms with Gasteiger partial charge in [-0.2, -0.15) is 4.68 Å². The van der Waals surface area contributed by atoms with Crippen molar-refractivity contribution >= 4 is 34.7 Å². The smallest absolute Gasteiger partial charge is 0.237 e. The van der Waals surface area contributed by atoms with Gasteiger partial charge >= 0.3 is 0 Å². The molecule has 0 aliphatic carbocycles. The van der Waals surface area contributed by atoms with Crippen LogP contribution in [-0.4, -0.2) is 39.0 Å². The minimum atomic E-state index is -0.387. The number of thioether (sulfide) groups is 1. The number of hydrogen-bond donors (Lipinski definition) is 0. The molecule has 31 heavy (non-hydrogen) atoms. The number of benzene rings is 2. The molecule has 0 radical (unpaired) electrons. The molecule has 10 heteroatoms. The number of thiophene rings is 1. The maximum Gasteiger partial charge on any atom is 0.237 e. The summed E-state index contributed by atoms with van der Waals surface area (Å²) >= 11 is 2.79. The normalized spacial score (nSPS) is 10.8. The summed E-state index contributed by atoms with van der Waals surface area (Å²) in [4.78, 5) is 15.9. The van der Waals surface area contributed by atoms with E-state index >= 15 is 0 Å². The Morgan fingerprint density at radius 2 is 2.03 bits per heavy atom. The van der Waals surface area contributed by atoms with Crippen LogP contribution < -0.4 is 9.64 Å². The van der Waals surface area contributed by atoms with E-state index in [0.717, 1.165) is 16.3 Å². The molecule has 4 rings (SSSR count). The molecule has 2 aromatic carbocycles. The van der Waals surface area contributed by atoms with Crippen LogP contribution in [0.1, 0.15) is 4.88 Å². The molecule has 0 fully saturated rings. The van der Waals surface area contributed by atoms with Crippen molar-refractivity contribution in [3.63, 3.8) is 0 Å². The summed E-state index contributed by atoms with van der Waals surface area (Å²) < 4.78 is 20.2. The fourth-order valence-electron chi connectivity index (χ4n) is 2.89. The summed E-state index contributed by atoms with van der Waals surface area (Å²) in [6.07, 6.45) is 0. The highest BCUT2D eigenvalue weighted by Crippen LogP contribution is 2.25. The number of methoxy groups -OCH3 is 1. The lowest BCUT2D eigenvalue weighted by molar-refractivity contribution is -0.116. The van der Waals surface area contributed by atoms with Crippen molar-refractivity contribution in [1.29, 1.82) is 0 Å². The third-order valence-corrected chi connectivity index (χ3v) is 6.16. The van der Waals surface area contributed by atoms with Gasteiger partial charge in [-0.1, -0.05) is 23.9 Å². The van der Waals surface area contributed by atoms with Gasteiger partial charge in [-0.15, -0.1) is 16.4 Å². The van der Waals surface area contributed by atoms with Crippen LogP contribution >= 0.6 is 23.1 Å². The summed E-state index contributed by atoms with van der Waals surface area (Å²) in [5, 5.41) is 14.0. The SMILES string of the molecule is COc1ccc(N(Cc2cccs2)C(=O)CSc2nnnn2-c2cccc(F)c2)cc1. The molecule has 0 bridgehead atoms. The Kier molecular flexibility index (Phi) is 6.58. The fraction of sp³-hybridized carbons (Fsp3) is 0.143. The number of rotatable bonds is 8. The number of hydrogen-bond acceptors (Lipinski definition) is 7. The van der Waals surface area contributed by atoms with Gasteiger partial charge in [0.05, 0.1) is 25.1 Å². The van der Waals surface area contributed by atoms with E-state index in [2.05, 4.69) is 15.5 Å². The van der Waals surface area contributed by atoms with Gasteiger partial charge in [0.15, 0.2) is 0 Å². The Labute approximate surface area is 186 Å². The lowest BCUT2D eigenvalue weighted by atomic mass is 10.2. The minimum absolute atomic E-state index is 0.0997. The standard InChI is InChI=1S/C21H18FN5O2S2/c1-29-18-9-7-16(8-10-18)26(13-19-6-3-11-30-19)20(28)14-31-21-23-24-25-27(21)17-5-2-4-15(22)12-17/h2-12H,13-14H2,1H3. The van der Waals surface area contributed by atoms with Crippen molar-refractivity contribution in [1.82, 2.24) is 20.2 Å². The largest absolute Gasteiger partial charge is 0.497 e. The molecular weight excluding hydrogens is 437 g/mol. The van der Waals surface area contributed by atoms with Crippen LogP contribution in [0.2, 0.25) is 0 Å². The van der Waals surface area contributed by atoms with Gasteiger partial charge in [-0.3, -0.25) is 4.79 Å². The van der Waals surface area contributed by atoms with Crippen molar-refractivity contribution in [2.45, 2.75) is 11.7 Å². The fourth-order valence-corrected chi connectivity index (χ4v) is 4.35. The molecule has 2 aromatic heterocycles. The molecular formula is C21H18FN5O2S2. The van der Waals surface area contributed by atoms with E-state index < -0.39 is 0 Å². The summed E-state index contributed by atoms with van der Waals surface area (Å²) in [5.41, 5.74) is 1.26. The van der Waals surface area contributed by atoms with E-state index in [9.17, 15) is 9.18 Å². The van der Waals surface area contributed by atoms with Gasteiger partial charge in [0.2, 0.25) is 11.1 Å². The Bertz CT molecular complexity index is 1150. The van der Waals surface area contributed by atoms with Crippen LogP contribution in [0, 0.1) is 5.82 Å². The molecule has 0 spiro atoms. The predicted molar refractivity (Wildman–Crippen MR) is 118 cm³/mol. The second kappa shape index (κ2) is 9.71. The highest BCUT2D eigenvalue weighted by Gasteiger charge is 2.19. The van der Waals surface area contributed by atoms with Gasteiger partial charge in [-0.25, -0.2) is 4.39 Å². The maximum atomic E-state index is 13.6. The van der Waals surface area contributed by atoms with E-state index in [1.165, 1.54) is 28.6 Å². The number of ether oxygens (including phenoxy) is 1. The van der Waals surface area contributed by atoms with Crippen molar-refractivity contribution in [2.75, 3.05) is 17.8 Å². The van der Waals surface area contributed by atoms with Crippen molar-refractivity contribution in [3.05, 3.63) is 76.7 Å². The highest BCUT2D eigenvalue weighted by molar-refractivity contribution is 7.99. The first-order valence-corrected chi connectivity index (χ1v) is 11.1. The Morgan fingerprint density at radius 3 is 2.74 bits per heavy atom. The number of nitrogens with zero attached hydrogens (tertiary/aromatic N) is 5. The molecule has 0 aliphatic rings. The monoisotopic (exact) mass is 455 g/mol. The average Bonchev–Trinajstić information content (AvgIpc) is 3.48. The number of carbonyl (C=O) groups excluding carboxylic acids is 1. The zero-order valence-electron chi connectivity index (χ0n) is 16.5. The van der Waals surface area contributed by atoms with Crippen LogP contribution in [0.4, 0.5) is 10.1 Å². The number of aromatic nitrogens is 4. The molecule has 0 unspecified atom stereocenters. The number of tetrazole rings is 1. The quantitative estimate of drug-likeness (QED) is 0.371. The highest BCUT2D eigenvalue weighted by atomic mass is 32.2. The van der Waals surface area contributed by atoms with Crippen LogP contribution in [0.3, 0.4) is 0 Å². The molecule has 0 saturated carbocycles. The Morgan fingerprint density at radius 1 is 1.19 bits per heavy atom. The van der Waals surface area contributed by atoms with Crippen LogP contribution in [0.15, 0.2) is 71.2 Å². The lowest BCUT2D eigenvalue weighted by Crippen LogP contribution is -2.31. The second-order valence-electron chi connectivity index (χ2n) is 6.40. The van der Waals surface area contributed by atoms with E-state index in [1.54, 1.807) is 35.5 Å². The summed E-state index contributed by atoms with van der Waals surface area (Å²) in [7, 11) is 1.60. The molecule has 4 aromatic rings. The molecule has 0 saturated heterocycles. The van der Waals surface area contributed by atoms with E-state index in [4.69, 9.17) is 4.74 Å². The third kappa shape index (κ3) is 5.09. The number of amides is 1. The molecule has 0 aliphatic heterocycles. The van der Waals surface area contributed by atoms with Gasteiger partial charge in [0, 0.05) is 10.6 Å². The zero-order chi connectivity index (χ0) is 21.6. The van der Waals surface area contributed by atoms with Gasteiger partial charge < -0.3 is 9.64 Å². The van der Waals surface area contributed by atoms with E-state index in [1.807, 2.05) is 41.8 Å². The van der Waals surface area contributed by atoms with Crippen LogP contribution in [0.5, 0.6) is 5.75 Å².